The lowest BCUT2D eigenvalue weighted by Gasteiger charge is -2.13. The van der Waals surface area contributed by atoms with Crippen LogP contribution in [-0.2, 0) is 0 Å². The van der Waals surface area contributed by atoms with Gasteiger partial charge in [0.1, 0.15) is 0 Å². The van der Waals surface area contributed by atoms with E-state index < -0.39 is 0 Å². The normalized spacial score (nSPS) is 12.0. The summed E-state index contributed by atoms with van der Waals surface area (Å²) in [6, 6.07) is 84.2. The third kappa shape index (κ3) is 5.54. The second-order valence-corrected chi connectivity index (χ2v) is 18.0. The van der Waals surface area contributed by atoms with Crippen molar-refractivity contribution in [1.29, 1.82) is 0 Å². The van der Waals surface area contributed by atoms with Crippen LogP contribution < -0.4 is 0 Å². The number of hydrogen-bond donors (Lipinski definition) is 0. The molecule has 0 unspecified atom stereocenters. The van der Waals surface area contributed by atoms with Crippen LogP contribution in [0.25, 0.3) is 133 Å². The van der Waals surface area contributed by atoms with Crippen LogP contribution in [0.1, 0.15) is 0 Å². The molecule has 15 aromatic rings. The Bertz CT molecular complexity index is 4310. The number of nitrogens with zero attached hydrogens (tertiary/aromatic N) is 7. The van der Waals surface area contributed by atoms with Gasteiger partial charge in [-0.1, -0.05) is 176 Å². The molecule has 0 saturated carbocycles. The molecule has 0 saturated heterocycles. The Labute approximate surface area is 401 Å². The van der Waals surface area contributed by atoms with Gasteiger partial charge >= 0.3 is 0 Å². The van der Waals surface area contributed by atoms with Crippen molar-refractivity contribution in [2.24, 2.45) is 0 Å². The predicted octanol–water partition coefficient (Wildman–Crippen LogP) is 15.6. The monoisotopic (exact) mass is 893 g/mol. The summed E-state index contributed by atoms with van der Waals surface area (Å²) in [4.78, 5) is 16.5. The van der Waals surface area contributed by atoms with Crippen molar-refractivity contribution in [3.8, 4) is 45.8 Å². The Morgan fingerprint density at radius 2 is 0.586 bits per heavy atom. The highest BCUT2D eigenvalue weighted by molar-refractivity contribution is 6.27. The molecule has 0 N–H and O–H groups in total. The lowest BCUT2D eigenvalue weighted by molar-refractivity contribution is 0.893. The van der Waals surface area contributed by atoms with Crippen molar-refractivity contribution in [2.75, 3.05) is 0 Å². The zero-order valence-electron chi connectivity index (χ0n) is 37.6. The molecule has 0 fully saturated rings. The standard InChI is InChI=1S/C63H39N7/c1-4-18-40(19-5-1)41-32-34-42(35-33-41)61-64-62(69-53-30-16-12-26-49(53)57-55(69)38-36-47-45-24-10-14-28-51(45)67(59(47)57)43-20-6-2-7-21-43)66-63(65-61)70-54-31-17-13-27-50(54)58-56(70)39-37-48-46-25-11-15-29-52(46)68(60(48)58)44-22-8-3-9-23-44/h1-39H. The summed E-state index contributed by atoms with van der Waals surface area (Å²) in [5.41, 5.74) is 14.0. The van der Waals surface area contributed by atoms with Gasteiger partial charge in [0, 0.05) is 60.0 Å². The molecule has 0 spiro atoms. The minimum absolute atomic E-state index is 0.533. The lowest BCUT2D eigenvalue weighted by atomic mass is 10.0. The fourth-order valence-electron chi connectivity index (χ4n) is 11.3. The summed E-state index contributed by atoms with van der Waals surface area (Å²) in [7, 11) is 0. The molecular formula is C63H39N7. The number of para-hydroxylation sites is 6. The van der Waals surface area contributed by atoms with E-state index in [9.17, 15) is 0 Å². The summed E-state index contributed by atoms with van der Waals surface area (Å²) in [5.74, 6) is 1.64. The second-order valence-electron chi connectivity index (χ2n) is 18.0. The van der Waals surface area contributed by atoms with Crippen LogP contribution in [0, 0.1) is 0 Å². The highest BCUT2D eigenvalue weighted by Gasteiger charge is 2.26. The SMILES string of the molecule is c1ccc(-c2ccc(-c3nc(-n4c5ccccc5c5c4ccc4c6ccccc6n(-c6ccccc6)c45)nc(-n4c5ccccc5c5c4ccc4c6ccccc6n(-c6ccccc6)c45)n3)cc2)cc1. The van der Waals surface area contributed by atoms with E-state index in [0.29, 0.717) is 17.7 Å². The Morgan fingerprint density at radius 3 is 1.04 bits per heavy atom. The van der Waals surface area contributed by atoms with E-state index in [-0.39, 0.29) is 0 Å². The van der Waals surface area contributed by atoms with Crippen LogP contribution in [0.5, 0.6) is 0 Å². The highest BCUT2D eigenvalue weighted by Crippen LogP contribution is 2.44. The summed E-state index contributed by atoms with van der Waals surface area (Å²) < 4.78 is 9.30. The molecule has 0 radical (unpaired) electrons. The smallest absolute Gasteiger partial charge is 0.240 e. The van der Waals surface area contributed by atoms with Gasteiger partial charge in [-0.15, -0.1) is 0 Å². The van der Waals surface area contributed by atoms with E-state index in [2.05, 4.69) is 249 Å². The van der Waals surface area contributed by atoms with Crippen LogP contribution in [0.3, 0.4) is 0 Å². The fourth-order valence-corrected chi connectivity index (χ4v) is 11.3. The van der Waals surface area contributed by atoms with E-state index in [4.69, 9.17) is 15.0 Å². The first-order valence-electron chi connectivity index (χ1n) is 23.7. The average Bonchev–Trinajstić information content (AvgIpc) is 4.16. The number of hydrogen-bond acceptors (Lipinski definition) is 3. The number of benzene rings is 10. The molecule has 0 aliphatic heterocycles. The first-order chi connectivity index (χ1) is 34.8. The van der Waals surface area contributed by atoms with Crippen LogP contribution in [0.4, 0.5) is 0 Å². The van der Waals surface area contributed by atoms with Crippen molar-refractivity contribution >= 4 is 87.2 Å². The maximum Gasteiger partial charge on any atom is 0.240 e. The van der Waals surface area contributed by atoms with E-state index in [1.807, 2.05) is 6.07 Å². The summed E-state index contributed by atoms with van der Waals surface area (Å²) >= 11 is 0. The average molecular weight is 894 g/mol. The van der Waals surface area contributed by atoms with Crippen molar-refractivity contribution < 1.29 is 0 Å². The molecule has 10 aromatic carbocycles. The molecule has 7 nitrogen and oxygen atoms in total. The summed E-state index contributed by atoms with van der Waals surface area (Å²) in [6.45, 7) is 0. The molecule has 0 atom stereocenters. The molecule has 326 valence electrons. The van der Waals surface area contributed by atoms with Crippen molar-refractivity contribution in [1.82, 2.24) is 33.2 Å². The molecule has 5 aromatic heterocycles. The molecule has 15 rings (SSSR count). The minimum atomic E-state index is 0.533. The van der Waals surface area contributed by atoms with Gasteiger partial charge in [0.25, 0.3) is 0 Å². The Balaban J connectivity index is 1.05. The van der Waals surface area contributed by atoms with Crippen molar-refractivity contribution in [2.45, 2.75) is 0 Å². The van der Waals surface area contributed by atoms with Gasteiger partial charge in [0.05, 0.1) is 44.1 Å². The van der Waals surface area contributed by atoms with Gasteiger partial charge < -0.3 is 9.13 Å². The van der Waals surface area contributed by atoms with Crippen LogP contribution in [-0.4, -0.2) is 33.2 Å². The third-order valence-electron chi connectivity index (χ3n) is 14.2. The lowest BCUT2D eigenvalue weighted by Crippen LogP contribution is -2.10. The topological polar surface area (TPSA) is 58.4 Å². The summed E-state index contributed by atoms with van der Waals surface area (Å²) in [6.07, 6.45) is 0. The zero-order valence-corrected chi connectivity index (χ0v) is 37.6. The number of rotatable bonds is 6. The first kappa shape index (κ1) is 38.5. The quantitative estimate of drug-likeness (QED) is 0.167. The van der Waals surface area contributed by atoms with Crippen LogP contribution in [0.15, 0.2) is 237 Å². The van der Waals surface area contributed by atoms with E-state index in [1.165, 1.54) is 21.5 Å². The predicted molar refractivity (Wildman–Crippen MR) is 288 cm³/mol. The Morgan fingerprint density at radius 1 is 0.229 bits per heavy atom. The van der Waals surface area contributed by atoms with Gasteiger partial charge in [-0.25, -0.2) is 0 Å². The van der Waals surface area contributed by atoms with Crippen molar-refractivity contribution in [3.05, 3.63) is 237 Å². The largest absolute Gasteiger partial charge is 0.309 e. The molecule has 0 aliphatic rings. The van der Waals surface area contributed by atoms with E-state index in [1.54, 1.807) is 0 Å². The Kier molecular flexibility index (Phi) is 8.23. The Hall–Kier alpha value is -9.59. The second kappa shape index (κ2) is 15.0. The number of aromatic nitrogens is 7. The van der Waals surface area contributed by atoms with Gasteiger partial charge in [0.2, 0.25) is 11.9 Å². The third-order valence-corrected chi connectivity index (χ3v) is 14.2. The van der Waals surface area contributed by atoms with Gasteiger partial charge in [-0.05, 0) is 71.8 Å². The molecule has 0 amide bonds. The van der Waals surface area contributed by atoms with Gasteiger partial charge in [0.15, 0.2) is 5.82 Å². The molecular weight excluding hydrogens is 855 g/mol. The van der Waals surface area contributed by atoms with Crippen molar-refractivity contribution in [3.63, 3.8) is 0 Å². The van der Waals surface area contributed by atoms with Crippen LogP contribution >= 0.6 is 0 Å². The van der Waals surface area contributed by atoms with Gasteiger partial charge in [-0.2, -0.15) is 15.0 Å². The maximum absolute atomic E-state index is 5.61. The first-order valence-corrected chi connectivity index (χ1v) is 23.7. The van der Waals surface area contributed by atoms with Crippen LogP contribution in [0.2, 0.25) is 0 Å². The maximum atomic E-state index is 5.61. The minimum Gasteiger partial charge on any atom is -0.309 e. The number of fused-ring (bicyclic) bond motifs is 14. The molecule has 5 heterocycles. The van der Waals surface area contributed by atoms with E-state index >= 15 is 0 Å². The molecule has 0 bridgehead atoms. The molecule has 7 heteroatoms. The molecule has 70 heavy (non-hydrogen) atoms. The van der Waals surface area contributed by atoms with Gasteiger partial charge in [-0.3, -0.25) is 9.13 Å². The fraction of sp³-hybridized carbons (Fsp3) is 0. The zero-order chi connectivity index (χ0) is 45.9. The summed E-state index contributed by atoms with van der Waals surface area (Å²) in [5, 5.41) is 9.29. The molecule has 0 aliphatic carbocycles. The van der Waals surface area contributed by atoms with E-state index in [0.717, 1.165) is 93.7 Å². The highest BCUT2D eigenvalue weighted by atomic mass is 15.3.